The fourth-order valence-corrected chi connectivity index (χ4v) is 2.40. The Morgan fingerprint density at radius 1 is 1.00 bits per heavy atom. The molecule has 124 valence electrons. The molecule has 0 spiro atoms. The zero-order valence-electron chi connectivity index (χ0n) is 12.4. The molecule has 1 aromatic carbocycles. The smallest absolute Gasteiger partial charge is 0.378 e. The molecule has 3 N–H and O–H groups in total. The van der Waals surface area contributed by atoms with Gasteiger partial charge in [0.1, 0.15) is 22.1 Å². The fraction of sp³-hybridized carbons (Fsp3) is 0.133. The Morgan fingerprint density at radius 2 is 1.67 bits per heavy atom. The van der Waals surface area contributed by atoms with E-state index in [4.69, 9.17) is 4.42 Å². The summed E-state index contributed by atoms with van der Waals surface area (Å²) >= 11 is 0. The number of fused-ring (bicyclic) bond motifs is 2. The summed E-state index contributed by atoms with van der Waals surface area (Å²) < 4.78 is 14.2. The molecule has 0 aliphatic heterocycles. The number of Topliss-reactive ketones (excluding diaryl/α,β-unsaturated/α-hetero) is 1. The minimum absolute atomic E-state index is 0.167. The van der Waals surface area contributed by atoms with E-state index in [1.807, 2.05) is 0 Å². The maximum absolute atomic E-state index is 12.1. The zero-order valence-corrected chi connectivity index (χ0v) is 12.4. The van der Waals surface area contributed by atoms with E-state index in [1.54, 1.807) is 0 Å². The second-order valence-corrected chi connectivity index (χ2v) is 4.92. The van der Waals surface area contributed by atoms with Gasteiger partial charge in [0, 0.05) is 12.3 Å². The summed E-state index contributed by atoms with van der Waals surface area (Å²) in [5.74, 6) is -5.04. The molecule has 0 atom stereocenters. The molecule has 0 saturated heterocycles. The van der Waals surface area contributed by atoms with E-state index in [-0.39, 0.29) is 16.4 Å². The van der Waals surface area contributed by atoms with Crippen molar-refractivity contribution in [3.05, 3.63) is 28.0 Å². The van der Waals surface area contributed by atoms with Crippen molar-refractivity contribution in [1.82, 2.24) is 0 Å². The normalized spacial score (nSPS) is 11.1. The van der Waals surface area contributed by atoms with Gasteiger partial charge in [-0.25, -0.2) is 9.59 Å². The molecule has 2 heterocycles. The molecule has 0 radical (unpaired) electrons. The Bertz CT molecular complexity index is 1080. The van der Waals surface area contributed by atoms with Gasteiger partial charge in [-0.15, -0.1) is 0 Å². The first-order valence-corrected chi connectivity index (χ1v) is 6.54. The van der Waals surface area contributed by atoms with E-state index in [2.05, 4.69) is 9.15 Å². The van der Waals surface area contributed by atoms with Crippen molar-refractivity contribution < 1.29 is 38.5 Å². The van der Waals surface area contributed by atoms with E-state index in [1.165, 1.54) is 0 Å². The first-order chi connectivity index (χ1) is 11.3. The number of methoxy groups -OCH3 is 1. The van der Waals surface area contributed by atoms with Crippen LogP contribution in [0.4, 0.5) is 0 Å². The van der Waals surface area contributed by atoms with E-state index in [0.29, 0.717) is 0 Å². The number of ketones is 1. The zero-order chi connectivity index (χ0) is 17.8. The molecule has 3 aromatic rings. The number of carbonyl (C=O) groups excluding carboxylic acids is 2. The van der Waals surface area contributed by atoms with Gasteiger partial charge in [0.2, 0.25) is 5.76 Å². The molecule has 3 rings (SSSR count). The first-order valence-electron chi connectivity index (χ1n) is 6.54. The van der Waals surface area contributed by atoms with Gasteiger partial charge in [0.25, 0.3) is 5.76 Å². The third-order valence-electron chi connectivity index (χ3n) is 3.49. The van der Waals surface area contributed by atoms with Crippen LogP contribution in [0, 0.1) is 0 Å². The van der Waals surface area contributed by atoms with Crippen LogP contribution in [-0.2, 0) is 4.74 Å². The molecule has 0 bridgehead atoms. The van der Waals surface area contributed by atoms with Gasteiger partial charge in [-0.05, 0) is 6.07 Å². The maximum Gasteiger partial charge on any atom is 0.378 e. The van der Waals surface area contributed by atoms with Crippen molar-refractivity contribution in [2.75, 3.05) is 7.11 Å². The van der Waals surface area contributed by atoms with E-state index < -0.39 is 51.5 Å². The van der Waals surface area contributed by atoms with Crippen LogP contribution < -0.4 is 5.63 Å². The Kier molecular flexibility index (Phi) is 3.22. The summed E-state index contributed by atoms with van der Waals surface area (Å²) in [5, 5.41) is 29.3. The number of phenols is 1. The summed E-state index contributed by atoms with van der Waals surface area (Å²) in [4.78, 5) is 35.0. The molecule has 0 aliphatic carbocycles. The fourth-order valence-electron chi connectivity index (χ4n) is 2.40. The highest BCUT2D eigenvalue weighted by Crippen LogP contribution is 2.44. The summed E-state index contributed by atoms with van der Waals surface area (Å²) in [6.45, 7) is 1.13. The van der Waals surface area contributed by atoms with E-state index in [0.717, 1.165) is 20.1 Å². The predicted octanol–water partition coefficient (Wildman–Crippen LogP) is 1.65. The Balaban J connectivity index is 2.53. The standard InChI is InChI=1S/C15H10O9/c1-4(16)12-11(19)8-6(23-12)3-5-7(10(8)18)14(20)24-13(9(5)17)15(21)22-2/h3,17-19H,1-2H3. The van der Waals surface area contributed by atoms with Gasteiger partial charge in [0.05, 0.1) is 7.11 Å². The van der Waals surface area contributed by atoms with E-state index in [9.17, 15) is 29.7 Å². The number of ether oxygens (including phenoxy) is 1. The molecule has 0 fully saturated rings. The highest BCUT2D eigenvalue weighted by molar-refractivity contribution is 6.12. The van der Waals surface area contributed by atoms with Gasteiger partial charge in [-0.1, -0.05) is 0 Å². The molecule has 0 aliphatic rings. The second kappa shape index (κ2) is 5.01. The number of carbonyl (C=O) groups is 2. The van der Waals surface area contributed by atoms with Gasteiger partial charge < -0.3 is 28.9 Å². The maximum atomic E-state index is 12.1. The Morgan fingerprint density at radius 3 is 2.25 bits per heavy atom. The van der Waals surface area contributed by atoms with E-state index >= 15 is 0 Å². The van der Waals surface area contributed by atoms with Crippen molar-refractivity contribution in [2.45, 2.75) is 6.92 Å². The summed E-state index contributed by atoms with van der Waals surface area (Å²) in [7, 11) is 1.02. The van der Waals surface area contributed by atoms with Crippen LogP contribution in [0.5, 0.6) is 17.2 Å². The van der Waals surface area contributed by atoms with Crippen LogP contribution in [-0.4, -0.2) is 34.2 Å². The number of benzene rings is 1. The third-order valence-corrected chi connectivity index (χ3v) is 3.49. The Labute approximate surface area is 132 Å². The average Bonchev–Trinajstić information content (AvgIpc) is 2.87. The number of hydrogen-bond acceptors (Lipinski definition) is 9. The SMILES string of the molecule is COC(=O)c1oc(=O)c2c(O)c3c(O)c(C(C)=O)oc3cc2c1O. The Hall–Kier alpha value is -3.49. The molecule has 0 unspecified atom stereocenters. The minimum Gasteiger partial charge on any atom is -0.506 e. The monoisotopic (exact) mass is 334 g/mol. The van der Waals surface area contributed by atoms with Crippen LogP contribution in [0.2, 0.25) is 0 Å². The molecular formula is C15H10O9. The highest BCUT2D eigenvalue weighted by Gasteiger charge is 2.27. The number of furan rings is 1. The van der Waals surface area contributed by atoms with Crippen molar-refractivity contribution in [3.8, 4) is 17.2 Å². The van der Waals surface area contributed by atoms with Gasteiger partial charge in [-0.2, -0.15) is 0 Å². The number of esters is 1. The molecular weight excluding hydrogens is 324 g/mol. The largest absolute Gasteiger partial charge is 0.506 e. The highest BCUT2D eigenvalue weighted by atomic mass is 16.5. The molecule has 2 aromatic heterocycles. The van der Waals surface area contributed by atoms with Crippen LogP contribution in [0.3, 0.4) is 0 Å². The van der Waals surface area contributed by atoms with Crippen molar-refractivity contribution in [1.29, 1.82) is 0 Å². The van der Waals surface area contributed by atoms with Gasteiger partial charge in [0.15, 0.2) is 17.3 Å². The summed E-state index contributed by atoms with van der Waals surface area (Å²) in [6.07, 6.45) is 0. The lowest BCUT2D eigenvalue weighted by Crippen LogP contribution is -2.09. The molecule has 9 nitrogen and oxygen atoms in total. The molecule has 0 saturated carbocycles. The van der Waals surface area contributed by atoms with Crippen molar-refractivity contribution in [2.24, 2.45) is 0 Å². The van der Waals surface area contributed by atoms with Crippen LogP contribution in [0.1, 0.15) is 28.0 Å². The predicted molar refractivity (Wildman–Crippen MR) is 78.6 cm³/mol. The quantitative estimate of drug-likeness (QED) is 0.470. The molecule has 0 amide bonds. The van der Waals surface area contributed by atoms with Crippen LogP contribution >= 0.6 is 0 Å². The van der Waals surface area contributed by atoms with Crippen LogP contribution in [0.15, 0.2) is 19.7 Å². The lowest BCUT2D eigenvalue weighted by Gasteiger charge is -2.06. The number of aromatic hydroxyl groups is 3. The minimum atomic E-state index is -1.15. The number of phenolic OH excluding ortho intramolecular Hbond substituents is 1. The van der Waals surface area contributed by atoms with Gasteiger partial charge >= 0.3 is 11.6 Å². The lowest BCUT2D eigenvalue weighted by molar-refractivity contribution is 0.0554. The first kappa shape index (κ1) is 15.4. The molecule has 9 heteroatoms. The number of hydrogen-bond donors (Lipinski definition) is 3. The summed E-state index contributed by atoms with van der Waals surface area (Å²) in [5.41, 5.74) is -1.31. The van der Waals surface area contributed by atoms with Crippen molar-refractivity contribution >= 4 is 33.5 Å². The van der Waals surface area contributed by atoms with Crippen molar-refractivity contribution in [3.63, 3.8) is 0 Å². The lowest BCUT2D eigenvalue weighted by atomic mass is 10.1. The topological polar surface area (TPSA) is 147 Å². The second-order valence-electron chi connectivity index (χ2n) is 4.92. The number of rotatable bonds is 2. The third kappa shape index (κ3) is 1.91. The van der Waals surface area contributed by atoms with Gasteiger partial charge in [-0.3, -0.25) is 4.79 Å². The average molecular weight is 334 g/mol. The van der Waals surface area contributed by atoms with Crippen LogP contribution in [0.25, 0.3) is 21.7 Å². The molecule has 24 heavy (non-hydrogen) atoms. The summed E-state index contributed by atoms with van der Waals surface area (Å²) in [6, 6.07) is 1.09.